The predicted octanol–water partition coefficient (Wildman–Crippen LogP) is 5.49. The molecule has 0 aliphatic rings. The van der Waals surface area contributed by atoms with Crippen LogP contribution in [0.15, 0.2) is 114 Å². The molecule has 0 aliphatic carbocycles. The quantitative estimate of drug-likeness (QED) is 0.276. The SMILES string of the molecule is O=S(=O)(F)c1ccc(C[P+](c2ccccc2)(c2ccccc2)c2ccccc2)c(Cl)c1. The van der Waals surface area contributed by atoms with E-state index in [0.29, 0.717) is 6.16 Å². The molecular formula is C25H20ClFO2PS+. The number of hydrogen-bond donors (Lipinski definition) is 0. The van der Waals surface area contributed by atoms with E-state index in [9.17, 15) is 12.3 Å². The highest BCUT2D eigenvalue weighted by molar-refractivity contribution is 7.95. The molecule has 0 saturated heterocycles. The molecule has 0 bridgehead atoms. The van der Waals surface area contributed by atoms with Crippen molar-refractivity contribution in [2.24, 2.45) is 0 Å². The zero-order valence-electron chi connectivity index (χ0n) is 16.5. The third-order valence-corrected chi connectivity index (χ3v) is 10.8. The third-order valence-electron chi connectivity index (χ3n) is 5.30. The van der Waals surface area contributed by atoms with Crippen LogP contribution in [-0.2, 0) is 16.4 Å². The molecule has 31 heavy (non-hydrogen) atoms. The lowest BCUT2D eigenvalue weighted by Gasteiger charge is -2.28. The molecular weight excluding hydrogens is 450 g/mol. The number of benzene rings is 4. The summed E-state index contributed by atoms with van der Waals surface area (Å²) in [5.74, 6) is 0. The summed E-state index contributed by atoms with van der Waals surface area (Å²) >= 11 is 6.49. The molecule has 2 nitrogen and oxygen atoms in total. The van der Waals surface area contributed by atoms with Crippen LogP contribution in [-0.4, -0.2) is 8.42 Å². The molecule has 4 rings (SSSR count). The summed E-state index contributed by atoms with van der Waals surface area (Å²) in [6.07, 6.45) is 0.580. The molecule has 156 valence electrons. The second kappa shape index (κ2) is 8.92. The van der Waals surface area contributed by atoms with Gasteiger partial charge >= 0.3 is 10.2 Å². The highest BCUT2D eigenvalue weighted by Gasteiger charge is 2.45. The fourth-order valence-electron chi connectivity index (χ4n) is 3.83. The summed E-state index contributed by atoms with van der Waals surface area (Å²) < 4.78 is 36.1. The molecule has 0 spiro atoms. The summed E-state index contributed by atoms with van der Waals surface area (Å²) in [6, 6.07) is 35.0. The van der Waals surface area contributed by atoms with Crippen LogP contribution in [0.1, 0.15) is 5.56 Å². The van der Waals surface area contributed by atoms with Gasteiger partial charge in [0.25, 0.3) is 0 Å². The van der Waals surface area contributed by atoms with E-state index < -0.39 is 22.4 Å². The highest BCUT2D eigenvalue weighted by Crippen LogP contribution is 2.58. The van der Waals surface area contributed by atoms with Gasteiger partial charge in [-0.15, -0.1) is 3.89 Å². The Morgan fingerprint density at radius 3 is 1.45 bits per heavy atom. The average Bonchev–Trinajstić information content (AvgIpc) is 2.79. The van der Waals surface area contributed by atoms with Gasteiger partial charge in [0.05, 0.1) is 11.1 Å². The largest absolute Gasteiger partial charge is 0.332 e. The second-order valence-electron chi connectivity index (χ2n) is 7.17. The fraction of sp³-hybridized carbons (Fsp3) is 0.0400. The molecule has 0 atom stereocenters. The van der Waals surface area contributed by atoms with Gasteiger partial charge in [-0.1, -0.05) is 72.3 Å². The Balaban J connectivity index is 1.97. The van der Waals surface area contributed by atoms with Gasteiger partial charge in [0.2, 0.25) is 0 Å². The Kier molecular flexibility index (Phi) is 6.24. The zero-order valence-corrected chi connectivity index (χ0v) is 19.0. The molecule has 4 aromatic carbocycles. The van der Waals surface area contributed by atoms with Crippen molar-refractivity contribution in [3.63, 3.8) is 0 Å². The molecule has 0 aliphatic heterocycles. The maximum absolute atomic E-state index is 13.5. The van der Waals surface area contributed by atoms with Crippen LogP contribution in [0.4, 0.5) is 3.89 Å². The third kappa shape index (κ3) is 4.43. The van der Waals surface area contributed by atoms with E-state index in [0.717, 1.165) is 5.56 Å². The van der Waals surface area contributed by atoms with E-state index in [4.69, 9.17) is 11.6 Å². The molecule has 0 unspecified atom stereocenters. The maximum Gasteiger partial charge on any atom is 0.332 e. The van der Waals surface area contributed by atoms with Crippen LogP contribution in [0.3, 0.4) is 0 Å². The van der Waals surface area contributed by atoms with Crippen LogP contribution in [0.25, 0.3) is 0 Å². The standard InChI is InChI=1S/C25H20ClFO2PS/c26-25-18-24(31(27,28)29)17-16-20(25)19-30(21-10-4-1-5-11-21,22-12-6-2-7-13-22)23-14-8-3-9-15-23/h1-18H,19H2/q+1. The van der Waals surface area contributed by atoms with Gasteiger partial charge < -0.3 is 0 Å². The minimum atomic E-state index is -4.82. The summed E-state index contributed by atoms with van der Waals surface area (Å²) in [4.78, 5) is -0.427. The minimum absolute atomic E-state index is 0.242. The summed E-state index contributed by atoms with van der Waals surface area (Å²) in [6.45, 7) is 0. The second-order valence-corrected chi connectivity index (χ2v) is 12.4. The van der Waals surface area contributed by atoms with Crippen LogP contribution < -0.4 is 15.9 Å². The number of halogens is 2. The average molecular weight is 470 g/mol. The molecule has 0 N–H and O–H groups in total. The Bertz CT molecular complexity index is 1180. The Morgan fingerprint density at radius 1 is 0.677 bits per heavy atom. The van der Waals surface area contributed by atoms with Crippen molar-refractivity contribution >= 4 is 45.0 Å². The lowest BCUT2D eigenvalue weighted by atomic mass is 10.2. The van der Waals surface area contributed by atoms with Crippen molar-refractivity contribution in [1.29, 1.82) is 0 Å². The Morgan fingerprint density at radius 2 is 1.10 bits per heavy atom. The van der Waals surface area contributed by atoms with Crippen LogP contribution in [0, 0.1) is 0 Å². The van der Waals surface area contributed by atoms with E-state index in [2.05, 4.69) is 36.4 Å². The summed E-state index contributed by atoms with van der Waals surface area (Å²) in [5.41, 5.74) is 0.777. The maximum atomic E-state index is 13.5. The molecule has 4 aromatic rings. The van der Waals surface area contributed by atoms with Crippen molar-refractivity contribution in [2.45, 2.75) is 11.1 Å². The molecule has 0 fully saturated rings. The smallest absolute Gasteiger partial charge is 0.189 e. The van der Waals surface area contributed by atoms with Crippen molar-refractivity contribution in [1.82, 2.24) is 0 Å². The summed E-state index contributed by atoms with van der Waals surface area (Å²) in [7, 11) is -7.00. The molecule has 0 radical (unpaired) electrons. The normalized spacial score (nSPS) is 11.9. The van der Waals surface area contributed by atoms with Crippen molar-refractivity contribution < 1.29 is 12.3 Å². The van der Waals surface area contributed by atoms with Crippen LogP contribution in [0.5, 0.6) is 0 Å². The predicted molar refractivity (Wildman–Crippen MR) is 129 cm³/mol. The van der Waals surface area contributed by atoms with Gasteiger partial charge in [0, 0.05) is 10.6 Å². The zero-order chi connectivity index (χ0) is 21.9. The van der Waals surface area contributed by atoms with Crippen LogP contribution >= 0.6 is 18.9 Å². The van der Waals surface area contributed by atoms with Gasteiger partial charge in [-0.2, -0.15) is 8.42 Å². The molecule has 0 amide bonds. The van der Waals surface area contributed by atoms with Crippen molar-refractivity contribution in [3.8, 4) is 0 Å². The topological polar surface area (TPSA) is 34.1 Å². The molecule has 0 saturated carbocycles. The fourth-order valence-corrected chi connectivity index (χ4v) is 9.00. The molecule has 6 heteroatoms. The van der Waals surface area contributed by atoms with E-state index in [1.807, 2.05) is 54.6 Å². The minimum Gasteiger partial charge on any atom is -0.189 e. The first-order chi connectivity index (χ1) is 14.9. The first kappa shape index (κ1) is 21.7. The van der Waals surface area contributed by atoms with E-state index in [1.54, 1.807) is 6.07 Å². The first-order valence-corrected chi connectivity index (χ1v) is 13.4. The lowest BCUT2D eigenvalue weighted by Crippen LogP contribution is -2.32. The van der Waals surface area contributed by atoms with Gasteiger partial charge in [-0.3, -0.25) is 0 Å². The van der Waals surface area contributed by atoms with Gasteiger partial charge in [0.15, 0.2) is 0 Å². The number of hydrogen-bond acceptors (Lipinski definition) is 2. The van der Waals surface area contributed by atoms with Crippen LogP contribution in [0.2, 0.25) is 5.02 Å². The number of rotatable bonds is 6. The van der Waals surface area contributed by atoms with Crippen molar-refractivity contribution in [3.05, 3.63) is 120 Å². The Labute approximate surface area is 187 Å². The Hall–Kier alpha value is -2.52. The van der Waals surface area contributed by atoms with Crippen molar-refractivity contribution in [2.75, 3.05) is 0 Å². The first-order valence-electron chi connectivity index (χ1n) is 9.69. The monoisotopic (exact) mass is 469 g/mol. The van der Waals surface area contributed by atoms with E-state index >= 15 is 0 Å². The lowest BCUT2D eigenvalue weighted by molar-refractivity contribution is 0.552. The molecule has 0 heterocycles. The van der Waals surface area contributed by atoms with Gasteiger partial charge in [-0.25, -0.2) is 0 Å². The van der Waals surface area contributed by atoms with Gasteiger partial charge in [0.1, 0.15) is 23.2 Å². The van der Waals surface area contributed by atoms with E-state index in [1.165, 1.54) is 28.0 Å². The van der Waals surface area contributed by atoms with E-state index in [-0.39, 0.29) is 5.02 Å². The highest BCUT2D eigenvalue weighted by atomic mass is 35.5. The van der Waals surface area contributed by atoms with Gasteiger partial charge in [-0.05, 0) is 48.5 Å². The molecule has 0 aromatic heterocycles. The summed E-state index contributed by atoms with van der Waals surface area (Å²) in [5, 5.41) is 3.80.